The lowest BCUT2D eigenvalue weighted by atomic mass is 10.1. The molecule has 0 unspecified atom stereocenters. The van der Waals surface area contributed by atoms with E-state index in [0.29, 0.717) is 10.2 Å². The highest BCUT2D eigenvalue weighted by Crippen LogP contribution is 2.36. The lowest BCUT2D eigenvalue weighted by molar-refractivity contribution is -0.323. The van der Waals surface area contributed by atoms with Gasteiger partial charge in [0.15, 0.2) is 4.83 Å². The van der Waals surface area contributed by atoms with Crippen molar-refractivity contribution in [3.8, 4) is 6.07 Å². The summed E-state index contributed by atoms with van der Waals surface area (Å²) >= 11 is 0.935. The second kappa shape index (κ2) is 6.20. The van der Waals surface area contributed by atoms with Crippen molar-refractivity contribution in [3.63, 3.8) is 0 Å². The van der Waals surface area contributed by atoms with E-state index in [0.717, 1.165) is 23.5 Å². The Bertz CT molecular complexity index is 1070. The molecule has 0 aliphatic rings. The zero-order chi connectivity index (χ0) is 19.1. The van der Waals surface area contributed by atoms with Crippen LogP contribution in [0.4, 0.5) is 30.4 Å². The van der Waals surface area contributed by atoms with E-state index in [1.54, 1.807) is 0 Å². The number of aromatic amines is 1. The van der Waals surface area contributed by atoms with Crippen molar-refractivity contribution in [3.05, 3.63) is 46.3 Å². The Morgan fingerprint density at radius 3 is 2.62 bits per heavy atom. The summed E-state index contributed by atoms with van der Waals surface area (Å²) in [7, 11) is 0. The highest BCUT2D eigenvalue weighted by Gasteiger charge is 2.34. The predicted molar refractivity (Wildman–Crippen MR) is 91.3 cm³/mol. The smallest absolute Gasteiger partial charge is 0.397 e. The van der Waals surface area contributed by atoms with Gasteiger partial charge in [-0.1, -0.05) is 23.5 Å². The van der Waals surface area contributed by atoms with E-state index in [-0.39, 0.29) is 27.6 Å². The van der Waals surface area contributed by atoms with E-state index in [1.807, 2.05) is 6.07 Å². The van der Waals surface area contributed by atoms with Crippen molar-refractivity contribution in [2.24, 2.45) is 0 Å². The Morgan fingerprint density at radius 1 is 1.27 bits per heavy atom. The molecule has 0 radical (unpaired) electrons. The fourth-order valence-corrected chi connectivity index (χ4v) is 3.39. The molecule has 0 saturated heterocycles. The number of H-pyrrole nitrogens is 1. The van der Waals surface area contributed by atoms with Gasteiger partial charge >= 0.3 is 6.18 Å². The number of aromatic nitrogens is 1. The zero-order valence-electron chi connectivity index (χ0n) is 12.9. The van der Waals surface area contributed by atoms with E-state index in [4.69, 9.17) is 16.7 Å². The number of nitrogens with one attached hydrogen (secondary N) is 2. The number of anilines is 3. The summed E-state index contributed by atoms with van der Waals surface area (Å²) in [5.74, 6) is -0.679. The number of amides is 1. The molecule has 26 heavy (non-hydrogen) atoms. The van der Waals surface area contributed by atoms with Gasteiger partial charge in [-0.25, -0.2) is 4.98 Å². The molecule has 2 heterocycles. The monoisotopic (exact) mass is 378 g/mol. The van der Waals surface area contributed by atoms with Gasteiger partial charge in [-0.2, -0.15) is 18.4 Å². The number of carbonyl (C=O) groups is 1. The molecule has 132 valence electrons. The molecule has 0 aliphatic heterocycles. The number of alkyl halides is 3. The molecule has 0 atom stereocenters. The molecule has 2 aromatic heterocycles. The summed E-state index contributed by atoms with van der Waals surface area (Å²) in [4.78, 5) is 15.7. The first-order valence-electron chi connectivity index (χ1n) is 7.13. The Labute approximate surface area is 148 Å². The van der Waals surface area contributed by atoms with Crippen LogP contribution in [0.2, 0.25) is 0 Å². The number of carbonyl (C=O) groups excluding carboxylic acids is 1. The van der Waals surface area contributed by atoms with Crippen LogP contribution < -0.4 is 21.8 Å². The fourth-order valence-electron chi connectivity index (χ4n) is 2.38. The van der Waals surface area contributed by atoms with Gasteiger partial charge in [0.05, 0.1) is 22.3 Å². The summed E-state index contributed by atoms with van der Waals surface area (Å²) in [5.41, 5.74) is 10.5. The van der Waals surface area contributed by atoms with Crippen LogP contribution in [-0.2, 0) is 6.18 Å². The van der Waals surface area contributed by atoms with Crippen LogP contribution in [0.25, 0.3) is 10.2 Å². The van der Waals surface area contributed by atoms with Crippen LogP contribution in [0.1, 0.15) is 20.8 Å². The van der Waals surface area contributed by atoms with Gasteiger partial charge in [-0.05, 0) is 18.2 Å². The third kappa shape index (κ3) is 3.00. The number of benzene rings is 1. The SMILES string of the molecule is N#Cc1cc2c(N)c(C(=O)Nc3ccccc3C(F)(F)F)sc2[nH+]c1N. The van der Waals surface area contributed by atoms with Gasteiger partial charge in [-0.15, -0.1) is 0 Å². The first-order chi connectivity index (χ1) is 12.2. The quantitative estimate of drug-likeness (QED) is 0.635. The molecule has 10 heteroatoms. The Kier molecular flexibility index (Phi) is 4.17. The molecule has 0 fully saturated rings. The number of fused-ring (bicyclic) bond motifs is 1. The van der Waals surface area contributed by atoms with Crippen LogP contribution in [0, 0.1) is 11.3 Å². The molecular formula is C16H11F3N5OS+. The van der Waals surface area contributed by atoms with Crippen LogP contribution in [0.3, 0.4) is 0 Å². The number of pyridine rings is 1. The molecule has 1 aromatic carbocycles. The van der Waals surface area contributed by atoms with Crippen molar-refractivity contribution < 1.29 is 22.9 Å². The van der Waals surface area contributed by atoms with Gasteiger partial charge < -0.3 is 11.1 Å². The number of nitriles is 1. The van der Waals surface area contributed by atoms with Crippen molar-refractivity contribution in [2.75, 3.05) is 16.8 Å². The van der Waals surface area contributed by atoms with Crippen molar-refractivity contribution in [1.82, 2.24) is 0 Å². The second-order valence-electron chi connectivity index (χ2n) is 5.29. The lowest BCUT2D eigenvalue weighted by Crippen LogP contribution is -2.16. The minimum absolute atomic E-state index is 0.0164. The van der Waals surface area contributed by atoms with Gasteiger partial charge in [0.2, 0.25) is 0 Å². The molecule has 3 aromatic rings. The zero-order valence-corrected chi connectivity index (χ0v) is 13.8. The predicted octanol–water partition coefficient (Wildman–Crippen LogP) is 3.02. The van der Waals surface area contributed by atoms with Gasteiger partial charge in [0.25, 0.3) is 11.7 Å². The second-order valence-corrected chi connectivity index (χ2v) is 6.31. The van der Waals surface area contributed by atoms with E-state index >= 15 is 0 Å². The summed E-state index contributed by atoms with van der Waals surface area (Å²) in [5, 5.41) is 11.7. The molecule has 0 aliphatic carbocycles. The number of thiophene rings is 1. The van der Waals surface area contributed by atoms with Crippen molar-refractivity contribution >= 4 is 44.7 Å². The van der Waals surface area contributed by atoms with E-state index in [1.165, 1.54) is 18.2 Å². The number of rotatable bonds is 2. The van der Waals surface area contributed by atoms with Crippen LogP contribution in [-0.4, -0.2) is 5.91 Å². The Morgan fingerprint density at radius 2 is 1.96 bits per heavy atom. The average Bonchev–Trinajstić information content (AvgIpc) is 2.89. The van der Waals surface area contributed by atoms with E-state index in [9.17, 15) is 18.0 Å². The topological polar surface area (TPSA) is 119 Å². The molecule has 6 N–H and O–H groups in total. The number of para-hydroxylation sites is 1. The third-order valence-corrected chi connectivity index (χ3v) is 4.75. The van der Waals surface area contributed by atoms with Crippen LogP contribution in [0.5, 0.6) is 0 Å². The van der Waals surface area contributed by atoms with Crippen LogP contribution in [0.15, 0.2) is 30.3 Å². The largest absolute Gasteiger partial charge is 0.418 e. The third-order valence-electron chi connectivity index (χ3n) is 3.62. The van der Waals surface area contributed by atoms with Gasteiger partial charge in [-0.3, -0.25) is 10.5 Å². The molecular weight excluding hydrogens is 367 g/mol. The molecule has 6 nitrogen and oxygen atoms in total. The number of halogens is 3. The van der Waals surface area contributed by atoms with Gasteiger partial charge in [0.1, 0.15) is 16.5 Å². The van der Waals surface area contributed by atoms with Crippen molar-refractivity contribution in [2.45, 2.75) is 6.18 Å². The lowest BCUT2D eigenvalue weighted by Gasteiger charge is -2.13. The number of hydrogen-bond donors (Lipinski definition) is 3. The number of hydrogen-bond acceptors (Lipinski definition) is 5. The Balaban J connectivity index is 2.02. The Hall–Kier alpha value is -3.32. The minimum Gasteiger partial charge on any atom is -0.397 e. The average molecular weight is 378 g/mol. The molecule has 0 spiro atoms. The van der Waals surface area contributed by atoms with E-state index < -0.39 is 17.6 Å². The van der Waals surface area contributed by atoms with Gasteiger partial charge in [0, 0.05) is 0 Å². The standard InChI is InChI=1S/C16H10F3N5OS/c17-16(18,19)9-3-1-2-4-10(9)23-14(25)12-11(21)8-5-7(6-20)13(22)24-15(8)26-12/h1-5H,21H2,(H2,22,24)(H,23,25)/p+1. The number of nitrogens with two attached hydrogens (primary N) is 2. The summed E-state index contributed by atoms with van der Waals surface area (Å²) in [6.45, 7) is 0. The maximum absolute atomic E-state index is 13.1. The summed E-state index contributed by atoms with van der Waals surface area (Å²) in [6.07, 6.45) is -4.61. The molecule has 3 rings (SSSR count). The van der Waals surface area contributed by atoms with E-state index in [2.05, 4.69) is 10.3 Å². The molecule has 0 bridgehead atoms. The molecule has 1 amide bonds. The summed E-state index contributed by atoms with van der Waals surface area (Å²) in [6, 6.07) is 7.95. The highest BCUT2D eigenvalue weighted by atomic mass is 32.1. The highest BCUT2D eigenvalue weighted by molar-refractivity contribution is 7.20. The first kappa shape index (κ1) is 17.5. The maximum atomic E-state index is 13.1. The normalized spacial score (nSPS) is 11.3. The molecule has 0 saturated carbocycles. The number of nitrogen functional groups attached to an aromatic ring is 2. The first-order valence-corrected chi connectivity index (χ1v) is 7.95. The van der Waals surface area contributed by atoms with Crippen LogP contribution >= 0.6 is 11.3 Å². The minimum atomic E-state index is -4.61. The number of nitrogens with zero attached hydrogens (tertiary/aromatic N) is 1. The summed E-state index contributed by atoms with van der Waals surface area (Å²) < 4.78 is 39.2. The fraction of sp³-hybridized carbons (Fsp3) is 0.0625. The van der Waals surface area contributed by atoms with Crippen molar-refractivity contribution in [1.29, 1.82) is 5.26 Å². The maximum Gasteiger partial charge on any atom is 0.418 e.